The molecule has 2 saturated heterocycles. The van der Waals surface area contributed by atoms with Crippen molar-refractivity contribution < 1.29 is 33.2 Å². The normalized spacial score (nSPS) is 20.6. The van der Waals surface area contributed by atoms with Crippen molar-refractivity contribution in [3.05, 3.63) is 53.4 Å². The summed E-state index contributed by atoms with van der Waals surface area (Å²) in [6.45, 7) is 11.2. The fraction of sp³-hybridized carbons (Fsp3) is 0.567. The van der Waals surface area contributed by atoms with Gasteiger partial charge in [0.05, 0.1) is 12.1 Å². The van der Waals surface area contributed by atoms with Crippen molar-refractivity contribution in [1.82, 2.24) is 25.8 Å². The van der Waals surface area contributed by atoms with Crippen LogP contribution < -0.4 is 10.6 Å². The van der Waals surface area contributed by atoms with Crippen LogP contribution in [-0.4, -0.2) is 63.1 Å². The maximum absolute atomic E-state index is 13.5. The van der Waals surface area contributed by atoms with E-state index >= 15 is 0 Å². The van der Waals surface area contributed by atoms with Crippen LogP contribution in [0.15, 0.2) is 45.9 Å². The van der Waals surface area contributed by atoms with E-state index < -0.39 is 23.4 Å². The highest BCUT2D eigenvalue weighted by molar-refractivity contribution is 6.01. The third-order valence-electron chi connectivity index (χ3n) is 7.43. The molecule has 1 spiro atoms. The first kappa shape index (κ1) is 30.3. The highest BCUT2D eigenvalue weighted by Crippen LogP contribution is 2.61. The van der Waals surface area contributed by atoms with Gasteiger partial charge in [-0.1, -0.05) is 35.5 Å². The van der Waals surface area contributed by atoms with Crippen LogP contribution in [0.1, 0.15) is 83.9 Å². The molecule has 2 N–H and O–H groups in total. The van der Waals surface area contributed by atoms with E-state index in [-0.39, 0.29) is 36.0 Å². The molecule has 0 radical (unpaired) electrons. The zero-order chi connectivity index (χ0) is 31.0. The van der Waals surface area contributed by atoms with Gasteiger partial charge in [0.25, 0.3) is 0 Å². The number of fused-ring (bicyclic) bond motifs is 3. The van der Waals surface area contributed by atoms with E-state index in [1.54, 1.807) is 57.6 Å². The lowest BCUT2D eigenvalue weighted by Gasteiger charge is -2.35. The average molecular weight is 597 g/mol. The summed E-state index contributed by atoms with van der Waals surface area (Å²) in [5, 5.41) is 10.7. The van der Waals surface area contributed by atoms with Crippen LogP contribution in [0, 0.1) is 5.41 Å². The number of hydrogen-bond donors (Lipinski definition) is 2. The molecule has 13 heteroatoms. The number of hydrogen-bond acceptors (Lipinski definition) is 9. The van der Waals surface area contributed by atoms with Gasteiger partial charge < -0.3 is 18.9 Å². The third kappa shape index (κ3) is 7.45. The van der Waals surface area contributed by atoms with Crippen molar-refractivity contribution >= 4 is 24.2 Å². The molecule has 3 fully saturated rings. The Morgan fingerprint density at radius 1 is 1.05 bits per heavy atom. The number of amides is 4. The number of urea groups is 1. The molecule has 1 aliphatic carbocycles. The highest BCUT2D eigenvalue weighted by Gasteiger charge is 2.63. The molecule has 1 aromatic carbocycles. The number of aromatic nitrogens is 1. The Morgan fingerprint density at radius 3 is 2.26 bits per heavy atom. The van der Waals surface area contributed by atoms with Crippen molar-refractivity contribution in [1.29, 1.82) is 0 Å². The van der Waals surface area contributed by atoms with Crippen LogP contribution in [0.4, 0.5) is 14.4 Å². The molecule has 43 heavy (non-hydrogen) atoms. The second kappa shape index (κ2) is 11.5. The van der Waals surface area contributed by atoms with E-state index in [4.69, 9.17) is 18.8 Å². The van der Waals surface area contributed by atoms with Crippen LogP contribution in [0.2, 0.25) is 0 Å². The Morgan fingerprint density at radius 2 is 1.67 bits per heavy atom. The number of carbonyl (C=O) groups excluding carboxylic acids is 3. The van der Waals surface area contributed by atoms with Gasteiger partial charge in [-0.25, -0.2) is 19.4 Å². The first-order valence-corrected chi connectivity index (χ1v) is 14.5. The summed E-state index contributed by atoms with van der Waals surface area (Å²) in [5.74, 6) is 0.222. The van der Waals surface area contributed by atoms with E-state index in [1.165, 1.54) is 0 Å². The number of rotatable bonds is 6. The van der Waals surface area contributed by atoms with Gasteiger partial charge in [-0.15, -0.1) is 0 Å². The Labute approximate surface area is 250 Å². The zero-order valence-electron chi connectivity index (χ0n) is 25.5. The molecule has 2 aliphatic heterocycles. The molecule has 3 aliphatic rings. The lowest BCUT2D eigenvalue weighted by Crippen LogP contribution is -2.47. The number of carbonyl (C=O) groups is 3. The minimum atomic E-state index is -0.793. The monoisotopic (exact) mass is 596 g/mol. The predicted molar refractivity (Wildman–Crippen MR) is 154 cm³/mol. The number of benzene rings is 1. The maximum atomic E-state index is 13.5. The van der Waals surface area contributed by atoms with Crippen LogP contribution in [0.3, 0.4) is 0 Å². The average Bonchev–Trinajstić information content (AvgIpc) is 3.39. The first-order valence-electron chi connectivity index (χ1n) is 14.5. The number of alkyl carbamates (subject to hydrolysis) is 2. The largest absolute Gasteiger partial charge is 0.444 e. The van der Waals surface area contributed by atoms with Gasteiger partial charge in [-0.05, 0) is 71.8 Å². The van der Waals surface area contributed by atoms with Crippen molar-refractivity contribution in [2.24, 2.45) is 10.4 Å². The van der Waals surface area contributed by atoms with Gasteiger partial charge in [0, 0.05) is 12.6 Å². The Hall–Kier alpha value is -4.13. The molecule has 2 aromatic rings. The fourth-order valence-electron chi connectivity index (χ4n) is 5.39. The molecule has 232 valence electrons. The standard InChI is InChI=1S/C30H40N6O7/c1-28(2,3)41-25(37)32-24(33-26(38)42-29(4,5)6)31-16-20-14-21(34-43-20)22-15-30(12-13-30)23-17-35(22)27(39)36(23)40-18-19-10-8-7-9-11-19/h7-11,14,22-23H,12-13,15-18H2,1-6H3,(H2,31,32,33,37,38)/t22-,23-/m0/s1. The summed E-state index contributed by atoms with van der Waals surface area (Å²) in [7, 11) is 0. The molecule has 5 rings (SSSR count). The predicted octanol–water partition coefficient (Wildman–Crippen LogP) is 5.04. The second-order valence-electron chi connectivity index (χ2n) is 13.3. The summed E-state index contributed by atoms with van der Waals surface area (Å²) in [4.78, 5) is 50.4. The summed E-state index contributed by atoms with van der Waals surface area (Å²) in [6, 6.07) is 11.1. The van der Waals surface area contributed by atoms with Crippen molar-refractivity contribution in [2.75, 3.05) is 6.54 Å². The molecule has 0 unspecified atom stereocenters. The third-order valence-corrected chi connectivity index (χ3v) is 7.43. The van der Waals surface area contributed by atoms with Crippen LogP contribution >= 0.6 is 0 Å². The molecule has 13 nitrogen and oxygen atoms in total. The number of ether oxygens (including phenoxy) is 2. The summed E-state index contributed by atoms with van der Waals surface area (Å²) >= 11 is 0. The fourth-order valence-corrected chi connectivity index (χ4v) is 5.39. The van der Waals surface area contributed by atoms with E-state index in [9.17, 15) is 14.4 Å². The quantitative estimate of drug-likeness (QED) is 0.348. The van der Waals surface area contributed by atoms with E-state index in [1.807, 2.05) is 30.3 Å². The Balaban J connectivity index is 1.27. The van der Waals surface area contributed by atoms with E-state index in [2.05, 4.69) is 20.8 Å². The van der Waals surface area contributed by atoms with Crippen LogP contribution in [0.5, 0.6) is 0 Å². The summed E-state index contributed by atoms with van der Waals surface area (Å²) in [5.41, 5.74) is 0.0945. The minimum absolute atomic E-state index is 0.00338. The Kier molecular flexibility index (Phi) is 8.12. The van der Waals surface area contributed by atoms with Gasteiger partial charge in [0.1, 0.15) is 30.0 Å². The SMILES string of the molecule is CC(C)(C)OC(=O)NC(=NCc1cc([C@@H]2CC3(CC3)[C@@H]3CN2C(=O)N3OCc2ccccc2)no1)NC(=O)OC(C)(C)C. The number of aliphatic imine (C=N–C) groups is 1. The molecule has 2 bridgehead atoms. The molecular weight excluding hydrogens is 556 g/mol. The Bertz CT molecular complexity index is 1340. The smallest absolute Gasteiger partial charge is 0.414 e. The van der Waals surface area contributed by atoms with Crippen molar-refractivity contribution in [3.8, 4) is 0 Å². The lowest BCUT2D eigenvalue weighted by atomic mass is 9.84. The zero-order valence-corrected chi connectivity index (χ0v) is 25.5. The maximum Gasteiger partial charge on any atom is 0.414 e. The highest BCUT2D eigenvalue weighted by atomic mass is 16.7. The molecular formula is C30H40N6O7. The van der Waals surface area contributed by atoms with Crippen molar-refractivity contribution in [2.45, 2.75) is 97.2 Å². The molecule has 3 heterocycles. The van der Waals surface area contributed by atoms with E-state index in [0.29, 0.717) is 24.6 Å². The number of nitrogens with one attached hydrogen (secondary N) is 2. The molecule has 2 atom stereocenters. The van der Waals surface area contributed by atoms with Gasteiger partial charge >= 0.3 is 18.2 Å². The van der Waals surface area contributed by atoms with Crippen LogP contribution in [-0.2, 0) is 27.5 Å². The topological polar surface area (TPSA) is 148 Å². The summed E-state index contributed by atoms with van der Waals surface area (Å²) < 4.78 is 16.2. The van der Waals surface area contributed by atoms with Crippen molar-refractivity contribution in [3.63, 3.8) is 0 Å². The number of nitrogens with zero attached hydrogens (tertiary/aromatic N) is 4. The van der Waals surface area contributed by atoms with Gasteiger partial charge in [0.15, 0.2) is 5.76 Å². The van der Waals surface area contributed by atoms with Gasteiger partial charge in [-0.2, -0.15) is 5.06 Å². The molecule has 1 aromatic heterocycles. The first-order chi connectivity index (χ1) is 20.2. The summed E-state index contributed by atoms with van der Waals surface area (Å²) in [6.07, 6.45) is 1.21. The minimum Gasteiger partial charge on any atom is -0.444 e. The number of guanidine groups is 1. The molecule has 1 saturated carbocycles. The van der Waals surface area contributed by atoms with Crippen LogP contribution in [0.25, 0.3) is 0 Å². The molecule has 4 amide bonds. The number of piperidine rings is 1. The van der Waals surface area contributed by atoms with Gasteiger partial charge in [0.2, 0.25) is 5.96 Å². The second-order valence-corrected chi connectivity index (χ2v) is 13.3. The van der Waals surface area contributed by atoms with Gasteiger partial charge in [-0.3, -0.25) is 15.5 Å². The number of hydroxylamine groups is 2. The van der Waals surface area contributed by atoms with E-state index in [0.717, 1.165) is 24.8 Å². The lowest BCUT2D eigenvalue weighted by molar-refractivity contribution is -0.153.